The molecule has 0 fully saturated rings. The van der Waals surface area contributed by atoms with Gasteiger partial charge in [-0.3, -0.25) is 19.7 Å². The number of nitrogens with one attached hydrogen (secondary N) is 1. The van der Waals surface area contributed by atoms with Crippen molar-refractivity contribution in [1.82, 2.24) is 9.88 Å². The van der Waals surface area contributed by atoms with E-state index < -0.39 is 16.7 Å². The van der Waals surface area contributed by atoms with Gasteiger partial charge >= 0.3 is 5.91 Å². The average molecular weight is 483 g/mol. The number of hydrogen-bond acceptors (Lipinski definition) is 6. The van der Waals surface area contributed by atoms with Gasteiger partial charge in [-0.15, -0.1) is 10.2 Å². The van der Waals surface area contributed by atoms with Crippen LogP contribution in [0.5, 0.6) is 5.88 Å². The number of carbonyl (C=O) groups excluding carboxylic acids is 2. The lowest BCUT2D eigenvalue weighted by Gasteiger charge is -2.07. The maximum atomic E-state index is 13.0. The van der Waals surface area contributed by atoms with E-state index in [1.54, 1.807) is 54.1 Å². The number of para-hydroxylation sites is 1. The van der Waals surface area contributed by atoms with Crippen molar-refractivity contribution >= 4 is 40.2 Å². The number of azo groups is 1. The maximum Gasteiger partial charge on any atom is 0.311 e. The molecule has 36 heavy (non-hydrogen) atoms. The number of aryl methyl sites for hydroxylation is 2. The lowest BCUT2D eigenvalue weighted by molar-refractivity contribution is -0.384. The Morgan fingerprint density at radius 3 is 2.39 bits per heavy atom. The van der Waals surface area contributed by atoms with Crippen LogP contribution in [0.25, 0.3) is 17.0 Å². The van der Waals surface area contributed by atoms with Crippen LogP contribution in [0.15, 0.2) is 88.7 Å². The minimum atomic E-state index is -0.873. The van der Waals surface area contributed by atoms with Crippen molar-refractivity contribution in [3.8, 4) is 5.88 Å². The molecule has 0 unspecified atom stereocenters. The van der Waals surface area contributed by atoms with E-state index in [2.05, 4.69) is 15.5 Å². The summed E-state index contributed by atoms with van der Waals surface area (Å²) in [7, 11) is 1.67. The van der Waals surface area contributed by atoms with Crippen molar-refractivity contribution in [1.29, 1.82) is 0 Å². The van der Waals surface area contributed by atoms with E-state index in [0.29, 0.717) is 16.5 Å². The molecule has 4 aromatic rings. The number of benzene rings is 3. The van der Waals surface area contributed by atoms with E-state index in [1.165, 1.54) is 30.3 Å². The average Bonchev–Trinajstić information content (AvgIpc) is 3.13. The maximum absolute atomic E-state index is 13.0. The van der Waals surface area contributed by atoms with Crippen LogP contribution in [0.4, 0.5) is 11.4 Å². The van der Waals surface area contributed by atoms with Gasteiger partial charge in [0.1, 0.15) is 5.70 Å². The zero-order valence-corrected chi connectivity index (χ0v) is 19.4. The van der Waals surface area contributed by atoms with Gasteiger partial charge in [-0.05, 0) is 48.4 Å². The Bertz CT molecular complexity index is 1540. The molecule has 2 N–H and O–H groups in total. The molecule has 1 aromatic heterocycles. The van der Waals surface area contributed by atoms with Crippen molar-refractivity contribution in [2.24, 2.45) is 17.3 Å². The minimum absolute atomic E-state index is 0.116. The number of amides is 2. The Kier molecular flexibility index (Phi) is 6.68. The van der Waals surface area contributed by atoms with Crippen molar-refractivity contribution in [3.05, 3.63) is 105 Å². The van der Waals surface area contributed by atoms with Crippen molar-refractivity contribution in [3.63, 3.8) is 0 Å². The second-order valence-electron chi connectivity index (χ2n) is 7.93. The van der Waals surface area contributed by atoms with Gasteiger partial charge in [0, 0.05) is 30.1 Å². The summed E-state index contributed by atoms with van der Waals surface area (Å²) >= 11 is 0. The molecule has 0 aliphatic carbocycles. The summed E-state index contributed by atoms with van der Waals surface area (Å²) in [4.78, 5) is 36.2. The Morgan fingerprint density at radius 2 is 1.72 bits per heavy atom. The molecule has 3 aromatic carbocycles. The van der Waals surface area contributed by atoms with Crippen LogP contribution in [0.3, 0.4) is 0 Å². The van der Waals surface area contributed by atoms with Crippen molar-refractivity contribution < 1.29 is 19.6 Å². The molecule has 0 saturated carbocycles. The monoisotopic (exact) mass is 483 g/mol. The Hall–Kier alpha value is -5.12. The fraction of sp³-hybridized carbons (Fsp3) is 0.0769. The molecule has 0 atom stereocenters. The fourth-order valence-electron chi connectivity index (χ4n) is 3.72. The standard InChI is InChI=1S/C26H21N5O5/c1-16-7-6-10-20-22(26(34)30(2)23(16)20)28-29-25(33)21(27-24(32)18-8-4-3-5-9-18)15-17-11-13-19(14-12-17)31(35)36/h3-15,34H,1-2H3,(H,27,32). The van der Waals surface area contributed by atoms with E-state index in [9.17, 15) is 24.8 Å². The molecule has 0 saturated heterocycles. The second-order valence-corrected chi connectivity index (χ2v) is 7.93. The third-order valence-corrected chi connectivity index (χ3v) is 5.53. The predicted molar refractivity (Wildman–Crippen MR) is 134 cm³/mol. The smallest absolute Gasteiger partial charge is 0.311 e. The molecule has 0 bridgehead atoms. The number of rotatable bonds is 6. The van der Waals surface area contributed by atoms with Crippen LogP contribution in [0, 0.1) is 17.0 Å². The molecule has 10 heteroatoms. The summed E-state index contributed by atoms with van der Waals surface area (Å²) in [6, 6.07) is 19.2. The number of hydrogen-bond donors (Lipinski definition) is 2. The van der Waals surface area contributed by atoms with Gasteiger partial charge in [-0.25, -0.2) is 0 Å². The number of aromatic nitrogens is 1. The number of nitro groups is 1. The molecule has 1 heterocycles. The first kappa shape index (κ1) is 24.0. The second kappa shape index (κ2) is 10.0. The van der Waals surface area contributed by atoms with Gasteiger partial charge in [-0.2, -0.15) is 0 Å². The Morgan fingerprint density at radius 1 is 1.03 bits per heavy atom. The van der Waals surface area contributed by atoms with Gasteiger partial charge in [0.15, 0.2) is 5.69 Å². The summed E-state index contributed by atoms with van der Waals surface area (Å²) in [6.07, 6.45) is 1.35. The van der Waals surface area contributed by atoms with Crippen LogP contribution < -0.4 is 5.32 Å². The third-order valence-electron chi connectivity index (χ3n) is 5.53. The summed E-state index contributed by atoms with van der Waals surface area (Å²) in [5.74, 6) is -1.58. The molecule has 10 nitrogen and oxygen atoms in total. The highest BCUT2D eigenvalue weighted by molar-refractivity contribution is 6.06. The first-order valence-corrected chi connectivity index (χ1v) is 10.8. The summed E-state index contributed by atoms with van der Waals surface area (Å²) in [5, 5.41) is 32.4. The highest BCUT2D eigenvalue weighted by atomic mass is 16.6. The lowest BCUT2D eigenvalue weighted by Crippen LogP contribution is -2.26. The highest BCUT2D eigenvalue weighted by Crippen LogP contribution is 2.39. The number of nitrogens with zero attached hydrogens (tertiary/aromatic N) is 4. The molecule has 0 radical (unpaired) electrons. The minimum Gasteiger partial charge on any atom is -0.493 e. The van der Waals surface area contributed by atoms with Crippen LogP contribution in [0.1, 0.15) is 21.5 Å². The van der Waals surface area contributed by atoms with Crippen LogP contribution in [0.2, 0.25) is 0 Å². The molecular formula is C26H21N5O5. The molecule has 0 spiro atoms. The summed E-state index contributed by atoms with van der Waals surface area (Å²) in [5.41, 5.74) is 2.21. The zero-order valence-electron chi connectivity index (χ0n) is 19.4. The third kappa shape index (κ3) is 4.87. The van der Waals surface area contributed by atoms with E-state index in [0.717, 1.165) is 11.1 Å². The normalized spacial score (nSPS) is 11.7. The number of carbonyl (C=O) groups is 2. The van der Waals surface area contributed by atoms with Gasteiger partial charge in [0.05, 0.1) is 10.4 Å². The summed E-state index contributed by atoms with van der Waals surface area (Å²) < 4.78 is 1.55. The molecule has 2 amide bonds. The van der Waals surface area contributed by atoms with Gasteiger partial charge in [0.25, 0.3) is 11.6 Å². The Labute approximate surface area is 205 Å². The van der Waals surface area contributed by atoms with Crippen molar-refractivity contribution in [2.75, 3.05) is 0 Å². The lowest BCUT2D eigenvalue weighted by atomic mass is 10.1. The summed E-state index contributed by atoms with van der Waals surface area (Å²) in [6.45, 7) is 1.89. The first-order chi connectivity index (χ1) is 17.3. The molecule has 4 rings (SSSR count). The van der Waals surface area contributed by atoms with Crippen LogP contribution in [-0.4, -0.2) is 26.4 Å². The largest absolute Gasteiger partial charge is 0.493 e. The number of nitro benzene ring substituents is 1. The molecule has 0 aliphatic rings. The first-order valence-electron chi connectivity index (χ1n) is 10.8. The van der Waals surface area contributed by atoms with E-state index >= 15 is 0 Å². The fourth-order valence-corrected chi connectivity index (χ4v) is 3.72. The van der Waals surface area contributed by atoms with Crippen LogP contribution in [-0.2, 0) is 11.8 Å². The highest BCUT2D eigenvalue weighted by Gasteiger charge is 2.18. The van der Waals surface area contributed by atoms with Gasteiger partial charge < -0.3 is 15.0 Å². The SMILES string of the molecule is Cc1cccc2c(N=NC(=O)C(=Cc3ccc([N+](=O)[O-])cc3)NC(=O)c3ccccc3)c(O)n(C)c12. The number of non-ortho nitro benzene ring substituents is 1. The van der Waals surface area contributed by atoms with Gasteiger partial charge in [0.2, 0.25) is 5.88 Å². The Balaban J connectivity index is 1.70. The molecule has 180 valence electrons. The van der Waals surface area contributed by atoms with E-state index in [4.69, 9.17) is 0 Å². The van der Waals surface area contributed by atoms with Crippen LogP contribution >= 0.6 is 0 Å². The topological polar surface area (TPSA) is 139 Å². The quantitative estimate of drug-likeness (QED) is 0.168. The molecule has 0 aliphatic heterocycles. The zero-order chi connectivity index (χ0) is 25.8. The van der Waals surface area contributed by atoms with Gasteiger partial charge in [-0.1, -0.05) is 36.4 Å². The number of aromatic hydroxyl groups is 1. The van der Waals surface area contributed by atoms with Crippen molar-refractivity contribution in [2.45, 2.75) is 6.92 Å². The predicted octanol–water partition coefficient (Wildman–Crippen LogP) is 5.18. The molecular weight excluding hydrogens is 462 g/mol. The van der Waals surface area contributed by atoms with E-state index in [-0.39, 0.29) is 23.0 Å². The number of fused-ring (bicyclic) bond motifs is 1. The van der Waals surface area contributed by atoms with E-state index in [1.807, 2.05) is 13.0 Å².